The Bertz CT molecular complexity index is 1500. The number of rotatable bonds is 5. The normalized spacial score (nSPS) is 18.8. The summed E-state index contributed by atoms with van der Waals surface area (Å²) in [6.07, 6.45) is 4.93. The Kier molecular flexibility index (Phi) is 6.11. The predicted octanol–water partition coefficient (Wildman–Crippen LogP) is 3.91. The van der Waals surface area contributed by atoms with E-state index >= 15 is 4.39 Å². The second kappa shape index (κ2) is 9.38. The van der Waals surface area contributed by atoms with Gasteiger partial charge in [-0.1, -0.05) is 12.6 Å². The van der Waals surface area contributed by atoms with Gasteiger partial charge in [-0.2, -0.15) is 10.4 Å². The molecular weight excluding hydrogens is 493 g/mol. The molecule has 0 unspecified atom stereocenters. The molecule has 1 spiro atoms. The third-order valence-corrected chi connectivity index (χ3v) is 9.06. The van der Waals surface area contributed by atoms with Gasteiger partial charge in [-0.3, -0.25) is 9.89 Å². The standard InChI is InChI=1S/C30H34FN7O/c1-5-26(39)38-17-30(18-38)8-10-36(11-9-30)24-12-25(37-15-20(16-37)35(3)4)29(31)28(21(24)13-32)27-19(2)6-7-23-22(27)14-33-34-23/h5-7,12,14,20H,1,8-11,15-18H2,2-4H3,(H,33,34). The first kappa shape index (κ1) is 25.4. The highest BCUT2D eigenvalue weighted by molar-refractivity contribution is 6.00. The number of hydrogen-bond acceptors (Lipinski definition) is 6. The molecule has 3 aliphatic heterocycles. The zero-order valence-corrected chi connectivity index (χ0v) is 22.8. The van der Waals surface area contributed by atoms with Crippen LogP contribution >= 0.6 is 0 Å². The van der Waals surface area contributed by atoms with Crippen LogP contribution in [0.25, 0.3) is 22.0 Å². The second-order valence-electron chi connectivity index (χ2n) is 11.6. The molecule has 3 aromatic rings. The van der Waals surface area contributed by atoms with Crippen LogP contribution in [0.4, 0.5) is 15.8 Å². The average Bonchev–Trinajstić information content (AvgIpc) is 3.36. The van der Waals surface area contributed by atoms with Crippen molar-refractivity contribution in [3.8, 4) is 17.2 Å². The molecule has 1 amide bonds. The van der Waals surface area contributed by atoms with E-state index in [4.69, 9.17) is 0 Å². The highest BCUT2D eigenvalue weighted by atomic mass is 19.1. The van der Waals surface area contributed by atoms with Gasteiger partial charge in [0.2, 0.25) is 5.91 Å². The number of nitrogens with zero attached hydrogens (tertiary/aromatic N) is 6. The van der Waals surface area contributed by atoms with Crippen LogP contribution in [0.2, 0.25) is 0 Å². The van der Waals surface area contributed by atoms with Gasteiger partial charge in [-0.05, 0) is 63.2 Å². The summed E-state index contributed by atoms with van der Waals surface area (Å²) in [7, 11) is 4.09. The number of aryl methyl sites for hydroxylation is 1. The molecule has 202 valence electrons. The lowest BCUT2D eigenvalue weighted by Gasteiger charge is -2.54. The molecule has 0 bridgehead atoms. The maximum atomic E-state index is 16.6. The predicted molar refractivity (Wildman–Crippen MR) is 151 cm³/mol. The van der Waals surface area contributed by atoms with Crippen molar-refractivity contribution in [1.29, 1.82) is 5.26 Å². The number of H-pyrrole nitrogens is 1. The van der Waals surface area contributed by atoms with Gasteiger partial charge in [-0.15, -0.1) is 0 Å². The van der Waals surface area contributed by atoms with E-state index in [-0.39, 0.29) is 17.1 Å². The van der Waals surface area contributed by atoms with Crippen molar-refractivity contribution in [2.24, 2.45) is 5.41 Å². The molecule has 9 heteroatoms. The Balaban J connectivity index is 1.42. The quantitative estimate of drug-likeness (QED) is 0.507. The zero-order valence-electron chi connectivity index (χ0n) is 22.8. The summed E-state index contributed by atoms with van der Waals surface area (Å²) in [5.74, 6) is -0.368. The Morgan fingerprint density at radius 1 is 1.21 bits per heavy atom. The number of likely N-dealkylation sites (tertiary alicyclic amines) is 1. The smallest absolute Gasteiger partial charge is 0.245 e. The average molecular weight is 528 g/mol. The van der Waals surface area contributed by atoms with Crippen LogP contribution in [-0.2, 0) is 4.79 Å². The summed E-state index contributed by atoms with van der Waals surface area (Å²) in [6, 6.07) is 8.53. The minimum absolute atomic E-state index is 0.0167. The molecular formula is C30H34FN7O. The number of hydrogen-bond donors (Lipinski definition) is 1. The minimum atomic E-state index is -0.352. The van der Waals surface area contributed by atoms with Gasteiger partial charge in [-0.25, -0.2) is 4.39 Å². The number of aromatic nitrogens is 2. The van der Waals surface area contributed by atoms with Crippen molar-refractivity contribution < 1.29 is 9.18 Å². The van der Waals surface area contributed by atoms with Crippen molar-refractivity contribution >= 4 is 28.2 Å². The van der Waals surface area contributed by atoms with E-state index in [1.54, 1.807) is 6.20 Å². The number of halogens is 1. The van der Waals surface area contributed by atoms with Gasteiger partial charge >= 0.3 is 0 Å². The summed E-state index contributed by atoms with van der Waals surface area (Å²) >= 11 is 0. The first-order valence-corrected chi connectivity index (χ1v) is 13.5. The van der Waals surface area contributed by atoms with Gasteiger partial charge in [0.15, 0.2) is 5.82 Å². The second-order valence-corrected chi connectivity index (χ2v) is 11.6. The maximum Gasteiger partial charge on any atom is 0.245 e. The fraction of sp³-hybridized carbons (Fsp3) is 0.433. The lowest BCUT2D eigenvalue weighted by molar-refractivity contribution is -0.139. The van der Waals surface area contributed by atoms with Crippen LogP contribution in [-0.4, -0.2) is 85.3 Å². The molecule has 2 aromatic carbocycles. The molecule has 3 fully saturated rings. The van der Waals surface area contributed by atoms with Gasteiger partial charge in [0, 0.05) is 61.7 Å². The van der Waals surface area contributed by atoms with Crippen molar-refractivity contribution in [2.75, 3.05) is 63.2 Å². The lowest BCUT2D eigenvalue weighted by Crippen LogP contribution is -2.61. The van der Waals surface area contributed by atoms with E-state index in [1.807, 2.05) is 44.1 Å². The van der Waals surface area contributed by atoms with E-state index in [1.165, 1.54) is 6.08 Å². The number of benzene rings is 2. The number of amides is 1. The molecule has 3 aliphatic rings. The first-order chi connectivity index (χ1) is 18.7. The molecule has 0 saturated carbocycles. The maximum absolute atomic E-state index is 16.6. The van der Waals surface area contributed by atoms with Crippen LogP contribution in [0.5, 0.6) is 0 Å². The van der Waals surface area contributed by atoms with Gasteiger partial charge in [0.1, 0.15) is 6.07 Å². The number of nitrogens with one attached hydrogen (secondary N) is 1. The number of likely N-dealkylation sites (N-methyl/N-ethyl adjacent to an activating group) is 1. The van der Waals surface area contributed by atoms with E-state index in [0.29, 0.717) is 28.4 Å². The van der Waals surface area contributed by atoms with E-state index < -0.39 is 0 Å². The summed E-state index contributed by atoms with van der Waals surface area (Å²) in [5, 5.41) is 18.5. The monoisotopic (exact) mass is 527 g/mol. The number of anilines is 2. The highest BCUT2D eigenvalue weighted by Crippen LogP contribution is 2.46. The number of piperidine rings is 1. The van der Waals surface area contributed by atoms with E-state index in [2.05, 4.69) is 37.5 Å². The van der Waals surface area contributed by atoms with Crippen molar-refractivity contribution in [3.05, 3.63) is 54.0 Å². The fourth-order valence-electron chi connectivity index (χ4n) is 6.48. The van der Waals surface area contributed by atoms with Gasteiger partial charge in [0.25, 0.3) is 0 Å². The van der Waals surface area contributed by atoms with Crippen molar-refractivity contribution in [1.82, 2.24) is 20.0 Å². The molecule has 4 heterocycles. The number of nitriles is 1. The molecule has 8 nitrogen and oxygen atoms in total. The largest absolute Gasteiger partial charge is 0.370 e. The van der Waals surface area contributed by atoms with Crippen LogP contribution in [0.15, 0.2) is 37.1 Å². The van der Waals surface area contributed by atoms with Gasteiger partial charge in [0.05, 0.1) is 28.7 Å². The first-order valence-electron chi connectivity index (χ1n) is 13.5. The molecule has 3 saturated heterocycles. The molecule has 6 rings (SSSR count). The number of carbonyl (C=O) groups excluding carboxylic acids is 1. The van der Waals surface area contributed by atoms with E-state index in [0.717, 1.165) is 74.3 Å². The van der Waals surface area contributed by atoms with Crippen LogP contribution in [0, 0.1) is 29.5 Å². The Morgan fingerprint density at radius 2 is 1.92 bits per heavy atom. The van der Waals surface area contributed by atoms with Crippen molar-refractivity contribution in [3.63, 3.8) is 0 Å². The highest BCUT2D eigenvalue weighted by Gasteiger charge is 2.46. The Hall–Kier alpha value is -3.90. The van der Waals surface area contributed by atoms with Crippen LogP contribution in [0.3, 0.4) is 0 Å². The molecule has 1 aromatic heterocycles. The van der Waals surface area contributed by atoms with Crippen LogP contribution < -0.4 is 9.80 Å². The summed E-state index contributed by atoms with van der Waals surface area (Å²) in [6.45, 7) is 10.0. The minimum Gasteiger partial charge on any atom is -0.370 e. The Labute approximate surface area is 228 Å². The third-order valence-electron chi connectivity index (χ3n) is 9.06. The SMILES string of the molecule is C=CC(=O)N1CC2(CCN(c3cc(N4CC(N(C)C)C4)c(F)c(-c4c(C)ccc5[nH]ncc45)c3C#N)CC2)C1. The molecule has 39 heavy (non-hydrogen) atoms. The molecule has 0 atom stereocenters. The molecule has 0 aliphatic carbocycles. The number of fused-ring (bicyclic) bond motifs is 1. The Morgan fingerprint density at radius 3 is 2.56 bits per heavy atom. The van der Waals surface area contributed by atoms with Gasteiger partial charge < -0.3 is 19.6 Å². The number of aromatic amines is 1. The zero-order chi connectivity index (χ0) is 27.5. The summed E-state index contributed by atoms with van der Waals surface area (Å²) in [5.41, 5.74) is 4.59. The summed E-state index contributed by atoms with van der Waals surface area (Å²) in [4.78, 5) is 20.3. The topological polar surface area (TPSA) is 82.5 Å². The number of carbonyl (C=O) groups is 1. The third kappa shape index (κ3) is 4.05. The fourth-order valence-corrected chi connectivity index (χ4v) is 6.48. The van der Waals surface area contributed by atoms with Crippen molar-refractivity contribution in [2.45, 2.75) is 25.8 Å². The summed E-state index contributed by atoms with van der Waals surface area (Å²) < 4.78 is 16.6. The van der Waals surface area contributed by atoms with E-state index in [9.17, 15) is 10.1 Å². The molecule has 1 N–H and O–H groups in total. The lowest BCUT2D eigenvalue weighted by atomic mass is 9.71. The molecule has 0 radical (unpaired) electrons. The van der Waals surface area contributed by atoms with Crippen LogP contribution in [0.1, 0.15) is 24.0 Å².